The van der Waals surface area contributed by atoms with Gasteiger partial charge in [-0.15, -0.1) is 0 Å². The van der Waals surface area contributed by atoms with Gasteiger partial charge in [-0.1, -0.05) is 6.07 Å². The van der Waals surface area contributed by atoms with E-state index >= 15 is 0 Å². The van der Waals surface area contributed by atoms with Crippen molar-refractivity contribution >= 4 is 17.7 Å². The van der Waals surface area contributed by atoms with Gasteiger partial charge in [0.1, 0.15) is 0 Å². The predicted molar refractivity (Wildman–Crippen MR) is 63.0 cm³/mol. The number of benzene rings is 1. The molecule has 0 aliphatic heterocycles. The van der Waals surface area contributed by atoms with Crippen molar-refractivity contribution in [3.63, 3.8) is 0 Å². The Labute approximate surface area is 99.2 Å². The molecule has 1 aromatic rings. The number of carbonyl (C=O) groups excluding carboxylic acids is 2. The largest absolute Gasteiger partial charge is 0.465 e. The highest BCUT2D eigenvalue weighted by Crippen LogP contribution is 2.19. The molecular weight excluding hydrogens is 220 g/mol. The van der Waals surface area contributed by atoms with Crippen LogP contribution in [0.1, 0.15) is 23.2 Å². The van der Waals surface area contributed by atoms with Crippen LogP contribution in [-0.4, -0.2) is 25.2 Å². The van der Waals surface area contributed by atoms with E-state index in [1.54, 1.807) is 24.3 Å². The Morgan fingerprint density at radius 3 is 2.76 bits per heavy atom. The van der Waals surface area contributed by atoms with Gasteiger partial charge >= 0.3 is 12.0 Å². The fourth-order valence-corrected chi connectivity index (χ4v) is 1.42. The van der Waals surface area contributed by atoms with Crippen molar-refractivity contribution in [3.05, 3.63) is 29.8 Å². The zero-order valence-corrected chi connectivity index (χ0v) is 9.53. The van der Waals surface area contributed by atoms with Crippen LogP contribution in [0.15, 0.2) is 24.3 Å². The molecule has 0 heterocycles. The summed E-state index contributed by atoms with van der Waals surface area (Å²) in [5.74, 6) is -0.420. The van der Waals surface area contributed by atoms with E-state index in [0.29, 0.717) is 17.3 Å². The number of hydrogen-bond acceptors (Lipinski definition) is 3. The summed E-state index contributed by atoms with van der Waals surface area (Å²) in [4.78, 5) is 22.8. The van der Waals surface area contributed by atoms with Gasteiger partial charge in [-0.3, -0.25) is 0 Å². The van der Waals surface area contributed by atoms with Crippen LogP contribution in [0.3, 0.4) is 0 Å². The third-order valence-electron chi connectivity index (χ3n) is 2.45. The molecule has 0 unspecified atom stereocenters. The molecule has 0 aromatic heterocycles. The maximum Gasteiger partial charge on any atom is 0.337 e. The molecule has 1 saturated carbocycles. The number of urea groups is 1. The first-order valence-electron chi connectivity index (χ1n) is 5.45. The summed E-state index contributed by atoms with van der Waals surface area (Å²) in [6, 6.07) is 6.69. The molecule has 0 bridgehead atoms. The zero-order chi connectivity index (χ0) is 12.3. The highest BCUT2D eigenvalue weighted by molar-refractivity contribution is 5.94. The molecule has 2 amide bonds. The number of amides is 2. The van der Waals surface area contributed by atoms with Crippen LogP contribution in [0, 0.1) is 0 Å². The Hall–Kier alpha value is -2.04. The number of esters is 1. The van der Waals surface area contributed by atoms with E-state index in [1.165, 1.54) is 7.11 Å². The highest BCUT2D eigenvalue weighted by atomic mass is 16.5. The Balaban J connectivity index is 1.99. The lowest BCUT2D eigenvalue weighted by atomic mass is 10.2. The standard InChI is InChI=1S/C12H14N2O3/c1-17-11(15)8-3-2-4-10(7-8)14-12(16)13-9-5-6-9/h2-4,7,9H,5-6H2,1H3,(H2,13,14,16). The molecule has 2 N–H and O–H groups in total. The average molecular weight is 234 g/mol. The minimum Gasteiger partial charge on any atom is -0.465 e. The van der Waals surface area contributed by atoms with Crippen molar-refractivity contribution in [2.45, 2.75) is 18.9 Å². The molecule has 17 heavy (non-hydrogen) atoms. The van der Waals surface area contributed by atoms with Gasteiger partial charge in [0.2, 0.25) is 0 Å². The summed E-state index contributed by atoms with van der Waals surface area (Å²) in [6.45, 7) is 0. The van der Waals surface area contributed by atoms with Crippen molar-refractivity contribution in [1.82, 2.24) is 5.32 Å². The van der Waals surface area contributed by atoms with Crippen molar-refractivity contribution in [3.8, 4) is 0 Å². The van der Waals surface area contributed by atoms with E-state index in [4.69, 9.17) is 0 Å². The highest BCUT2D eigenvalue weighted by Gasteiger charge is 2.23. The number of hydrogen-bond donors (Lipinski definition) is 2. The molecule has 5 nitrogen and oxygen atoms in total. The van der Waals surface area contributed by atoms with E-state index < -0.39 is 5.97 Å². The summed E-state index contributed by atoms with van der Waals surface area (Å²) >= 11 is 0. The molecule has 5 heteroatoms. The van der Waals surface area contributed by atoms with Crippen molar-refractivity contribution in [1.29, 1.82) is 0 Å². The van der Waals surface area contributed by atoms with Gasteiger partial charge in [-0.2, -0.15) is 0 Å². The number of carbonyl (C=O) groups is 2. The van der Waals surface area contributed by atoms with Crippen LogP contribution in [0.5, 0.6) is 0 Å². The SMILES string of the molecule is COC(=O)c1cccc(NC(=O)NC2CC2)c1. The normalized spacial score (nSPS) is 13.9. The summed E-state index contributed by atoms with van der Waals surface area (Å²) in [6.07, 6.45) is 2.07. The number of ether oxygens (including phenoxy) is 1. The van der Waals surface area contributed by atoms with Crippen molar-refractivity contribution in [2.75, 3.05) is 12.4 Å². The minimum atomic E-state index is -0.420. The first-order valence-corrected chi connectivity index (χ1v) is 5.45. The van der Waals surface area contributed by atoms with Crippen LogP contribution in [0.25, 0.3) is 0 Å². The molecule has 0 spiro atoms. The number of rotatable bonds is 3. The van der Waals surface area contributed by atoms with Gasteiger partial charge in [0.15, 0.2) is 0 Å². The molecule has 0 radical (unpaired) electrons. The second-order valence-electron chi connectivity index (χ2n) is 3.95. The van der Waals surface area contributed by atoms with Crippen LogP contribution in [0.2, 0.25) is 0 Å². The minimum absolute atomic E-state index is 0.241. The summed E-state index contributed by atoms with van der Waals surface area (Å²) in [5, 5.41) is 5.47. The third kappa shape index (κ3) is 3.21. The van der Waals surface area contributed by atoms with Gasteiger partial charge in [-0.25, -0.2) is 9.59 Å². The molecular formula is C12H14N2O3. The first-order chi connectivity index (χ1) is 8.19. The lowest BCUT2D eigenvalue weighted by Gasteiger charge is -2.07. The smallest absolute Gasteiger partial charge is 0.337 e. The molecule has 1 aliphatic carbocycles. The molecule has 2 rings (SSSR count). The molecule has 1 aromatic carbocycles. The van der Waals surface area contributed by atoms with Gasteiger partial charge < -0.3 is 15.4 Å². The van der Waals surface area contributed by atoms with Crippen LogP contribution in [-0.2, 0) is 4.74 Å². The van der Waals surface area contributed by atoms with Crippen LogP contribution < -0.4 is 10.6 Å². The van der Waals surface area contributed by atoms with Gasteiger partial charge in [0.05, 0.1) is 12.7 Å². The maximum absolute atomic E-state index is 11.5. The Bertz CT molecular complexity index is 441. The fraction of sp³-hybridized carbons (Fsp3) is 0.333. The zero-order valence-electron chi connectivity index (χ0n) is 9.53. The van der Waals surface area contributed by atoms with E-state index in [2.05, 4.69) is 15.4 Å². The molecule has 1 aliphatic rings. The van der Waals surface area contributed by atoms with E-state index in [0.717, 1.165) is 12.8 Å². The number of anilines is 1. The molecule has 1 fully saturated rings. The van der Waals surface area contributed by atoms with Crippen LogP contribution >= 0.6 is 0 Å². The third-order valence-corrected chi connectivity index (χ3v) is 2.45. The van der Waals surface area contributed by atoms with Crippen molar-refractivity contribution in [2.24, 2.45) is 0 Å². The average Bonchev–Trinajstić information content (AvgIpc) is 3.12. The summed E-state index contributed by atoms with van der Waals surface area (Å²) in [5.41, 5.74) is 0.989. The van der Waals surface area contributed by atoms with Gasteiger partial charge in [0, 0.05) is 11.7 Å². The lowest BCUT2D eigenvalue weighted by Crippen LogP contribution is -2.30. The Morgan fingerprint density at radius 2 is 2.12 bits per heavy atom. The second-order valence-corrected chi connectivity index (χ2v) is 3.95. The Kier molecular flexibility index (Phi) is 3.27. The second kappa shape index (κ2) is 4.86. The van der Waals surface area contributed by atoms with E-state index in [9.17, 15) is 9.59 Å². The molecule has 0 saturated heterocycles. The van der Waals surface area contributed by atoms with Crippen LogP contribution in [0.4, 0.5) is 10.5 Å². The lowest BCUT2D eigenvalue weighted by molar-refractivity contribution is 0.0600. The van der Waals surface area contributed by atoms with Gasteiger partial charge in [0.25, 0.3) is 0 Å². The number of nitrogens with one attached hydrogen (secondary N) is 2. The predicted octanol–water partition coefficient (Wildman–Crippen LogP) is 1.76. The monoisotopic (exact) mass is 234 g/mol. The molecule has 90 valence electrons. The van der Waals surface area contributed by atoms with E-state index in [1.807, 2.05) is 0 Å². The Morgan fingerprint density at radius 1 is 1.35 bits per heavy atom. The van der Waals surface area contributed by atoms with Gasteiger partial charge in [-0.05, 0) is 31.0 Å². The van der Waals surface area contributed by atoms with Crippen molar-refractivity contribution < 1.29 is 14.3 Å². The number of methoxy groups -OCH3 is 1. The molecule has 0 atom stereocenters. The maximum atomic E-state index is 11.5. The fourth-order valence-electron chi connectivity index (χ4n) is 1.42. The summed E-state index contributed by atoms with van der Waals surface area (Å²) in [7, 11) is 1.32. The summed E-state index contributed by atoms with van der Waals surface area (Å²) < 4.78 is 4.60. The topological polar surface area (TPSA) is 67.4 Å². The van der Waals surface area contributed by atoms with E-state index in [-0.39, 0.29) is 6.03 Å². The quantitative estimate of drug-likeness (QED) is 0.783. The first kappa shape index (κ1) is 11.4.